The Morgan fingerprint density at radius 3 is 2.86 bits per heavy atom. The van der Waals surface area contributed by atoms with Gasteiger partial charge in [0.1, 0.15) is 0 Å². The number of morpholine rings is 1. The number of ether oxygens (including phenoxy) is 1. The van der Waals surface area contributed by atoms with Gasteiger partial charge in [-0.15, -0.1) is 0 Å². The maximum absolute atomic E-state index is 12.1. The number of benzene rings is 1. The van der Waals surface area contributed by atoms with Crippen LogP contribution in [-0.2, 0) is 9.53 Å². The lowest BCUT2D eigenvalue weighted by Crippen LogP contribution is -2.51. The van der Waals surface area contributed by atoms with E-state index in [9.17, 15) is 4.79 Å². The van der Waals surface area contributed by atoms with Crippen molar-refractivity contribution in [3.8, 4) is 6.07 Å². The number of aliphatic hydroxyl groups is 1. The van der Waals surface area contributed by atoms with Crippen LogP contribution in [0.2, 0.25) is 0 Å². The van der Waals surface area contributed by atoms with E-state index in [2.05, 4.69) is 5.32 Å². The first-order chi connectivity index (χ1) is 10.1. The third-order valence-electron chi connectivity index (χ3n) is 3.48. The Labute approximate surface area is 123 Å². The SMILES string of the molecule is CC1COC(CO)CN1CC(=O)Nc1ccc(C#N)cc1. The summed E-state index contributed by atoms with van der Waals surface area (Å²) < 4.78 is 5.44. The molecule has 1 saturated heterocycles. The van der Waals surface area contributed by atoms with Gasteiger partial charge >= 0.3 is 0 Å². The summed E-state index contributed by atoms with van der Waals surface area (Å²) in [6, 6.07) is 8.90. The molecule has 1 aliphatic heterocycles. The third kappa shape index (κ3) is 4.26. The molecular weight excluding hydrogens is 270 g/mol. The summed E-state index contributed by atoms with van der Waals surface area (Å²) in [4.78, 5) is 14.0. The van der Waals surface area contributed by atoms with Crippen LogP contribution in [0.25, 0.3) is 0 Å². The van der Waals surface area contributed by atoms with Crippen molar-refractivity contribution in [2.24, 2.45) is 0 Å². The standard InChI is InChI=1S/C15H19N3O3/c1-11-10-21-14(9-19)7-18(11)8-15(20)17-13-4-2-12(6-16)3-5-13/h2-5,11,14,19H,7-10H2,1H3,(H,17,20). The molecular formula is C15H19N3O3. The van der Waals surface area contributed by atoms with E-state index in [0.29, 0.717) is 24.4 Å². The summed E-state index contributed by atoms with van der Waals surface area (Å²) in [6.45, 7) is 3.25. The molecule has 6 nitrogen and oxygen atoms in total. The van der Waals surface area contributed by atoms with Crippen LogP contribution < -0.4 is 5.32 Å². The highest BCUT2D eigenvalue weighted by Gasteiger charge is 2.26. The molecule has 0 spiro atoms. The Morgan fingerprint density at radius 1 is 1.52 bits per heavy atom. The number of aliphatic hydroxyl groups excluding tert-OH is 1. The predicted octanol–water partition coefficient (Wildman–Crippen LogP) is 0.578. The highest BCUT2D eigenvalue weighted by atomic mass is 16.5. The van der Waals surface area contributed by atoms with Gasteiger partial charge in [-0.1, -0.05) is 0 Å². The van der Waals surface area contributed by atoms with Crippen LogP contribution in [0.5, 0.6) is 0 Å². The van der Waals surface area contributed by atoms with E-state index >= 15 is 0 Å². The van der Waals surface area contributed by atoms with Gasteiger partial charge < -0.3 is 15.2 Å². The van der Waals surface area contributed by atoms with Gasteiger partial charge in [-0.05, 0) is 31.2 Å². The molecule has 2 rings (SSSR count). The van der Waals surface area contributed by atoms with Gasteiger partial charge in [0.2, 0.25) is 5.91 Å². The number of anilines is 1. The molecule has 112 valence electrons. The normalized spacial score (nSPS) is 22.5. The second-order valence-electron chi connectivity index (χ2n) is 5.15. The fourth-order valence-corrected chi connectivity index (χ4v) is 2.22. The number of nitrogens with one attached hydrogen (secondary N) is 1. The molecule has 1 amide bonds. The molecule has 0 saturated carbocycles. The van der Waals surface area contributed by atoms with Gasteiger partial charge in [-0.3, -0.25) is 9.69 Å². The van der Waals surface area contributed by atoms with Crippen molar-refractivity contribution < 1.29 is 14.6 Å². The first-order valence-electron chi connectivity index (χ1n) is 6.89. The van der Waals surface area contributed by atoms with Crippen molar-refractivity contribution in [2.75, 3.05) is 31.6 Å². The number of hydrogen-bond donors (Lipinski definition) is 2. The van der Waals surface area contributed by atoms with E-state index in [1.165, 1.54) is 0 Å². The minimum atomic E-state index is -0.232. The number of nitrogens with zero attached hydrogens (tertiary/aromatic N) is 2. The van der Waals surface area contributed by atoms with Crippen molar-refractivity contribution >= 4 is 11.6 Å². The monoisotopic (exact) mass is 289 g/mol. The van der Waals surface area contributed by atoms with Crippen molar-refractivity contribution in [1.82, 2.24) is 4.90 Å². The lowest BCUT2D eigenvalue weighted by Gasteiger charge is -2.36. The zero-order valence-corrected chi connectivity index (χ0v) is 12.0. The van der Waals surface area contributed by atoms with Crippen molar-refractivity contribution in [1.29, 1.82) is 5.26 Å². The first-order valence-corrected chi connectivity index (χ1v) is 6.89. The van der Waals surface area contributed by atoms with Gasteiger partial charge in [0.25, 0.3) is 0 Å². The van der Waals surface area contributed by atoms with Crippen molar-refractivity contribution in [3.05, 3.63) is 29.8 Å². The van der Waals surface area contributed by atoms with Crippen molar-refractivity contribution in [3.63, 3.8) is 0 Å². The van der Waals surface area contributed by atoms with E-state index in [-0.39, 0.29) is 31.2 Å². The Bertz CT molecular complexity index is 524. The lowest BCUT2D eigenvalue weighted by atomic mass is 10.2. The van der Waals surface area contributed by atoms with Crippen LogP contribution in [0, 0.1) is 11.3 Å². The molecule has 2 atom stereocenters. The molecule has 2 unspecified atom stereocenters. The highest BCUT2D eigenvalue weighted by molar-refractivity contribution is 5.92. The molecule has 0 aliphatic carbocycles. The van der Waals surface area contributed by atoms with Crippen LogP contribution in [0.3, 0.4) is 0 Å². The van der Waals surface area contributed by atoms with Crippen LogP contribution >= 0.6 is 0 Å². The average molecular weight is 289 g/mol. The highest BCUT2D eigenvalue weighted by Crippen LogP contribution is 2.12. The first kappa shape index (κ1) is 15.4. The molecule has 1 aromatic carbocycles. The molecule has 1 aliphatic rings. The molecule has 0 bridgehead atoms. The van der Waals surface area contributed by atoms with Gasteiger partial charge in [0, 0.05) is 18.3 Å². The van der Waals surface area contributed by atoms with E-state index in [1.54, 1.807) is 24.3 Å². The minimum Gasteiger partial charge on any atom is -0.394 e. The predicted molar refractivity (Wildman–Crippen MR) is 77.6 cm³/mol. The smallest absolute Gasteiger partial charge is 0.238 e. The fourth-order valence-electron chi connectivity index (χ4n) is 2.22. The number of nitriles is 1. The second-order valence-corrected chi connectivity index (χ2v) is 5.15. The fraction of sp³-hybridized carbons (Fsp3) is 0.467. The van der Waals surface area contributed by atoms with E-state index < -0.39 is 0 Å². The maximum atomic E-state index is 12.1. The largest absolute Gasteiger partial charge is 0.394 e. The van der Waals surface area contributed by atoms with Gasteiger partial charge in [0.05, 0.1) is 37.5 Å². The number of amides is 1. The molecule has 1 fully saturated rings. The Hall–Kier alpha value is -1.94. The topological polar surface area (TPSA) is 85.6 Å². The molecule has 1 aromatic rings. The van der Waals surface area contributed by atoms with E-state index in [4.69, 9.17) is 15.1 Å². The van der Waals surface area contributed by atoms with Crippen LogP contribution in [0.15, 0.2) is 24.3 Å². The second kappa shape index (κ2) is 7.18. The minimum absolute atomic E-state index is 0.0412. The van der Waals surface area contributed by atoms with E-state index in [1.807, 2.05) is 17.9 Å². The summed E-state index contributed by atoms with van der Waals surface area (Å²) in [6.07, 6.45) is -0.232. The maximum Gasteiger partial charge on any atom is 0.238 e. The Balaban J connectivity index is 1.89. The summed E-state index contributed by atoms with van der Waals surface area (Å²) in [7, 11) is 0. The molecule has 0 aromatic heterocycles. The van der Waals surface area contributed by atoms with E-state index in [0.717, 1.165) is 0 Å². The van der Waals surface area contributed by atoms with Gasteiger partial charge in [-0.25, -0.2) is 0 Å². The van der Waals surface area contributed by atoms with Crippen molar-refractivity contribution in [2.45, 2.75) is 19.1 Å². The van der Waals surface area contributed by atoms with Crippen LogP contribution in [0.1, 0.15) is 12.5 Å². The molecule has 2 N–H and O–H groups in total. The zero-order valence-electron chi connectivity index (χ0n) is 12.0. The molecule has 1 heterocycles. The van der Waals surface area contributed by atoms with Gasteiger partial charge in [0.15, 0.2) is 0 Å². The zero-order chi connectivity index (χ0) is 15.2. The third-order valence-corrected chi connectivity index (χ3v) is 3.48. The number of rotatable bonds is 4. The Morgan fingerprint density at radius 2 is 2.24 bits per heavy atom. The Kier molecular flexibility index (Phi) is 5.28. The quantitative estimate of drug-likeness (QED) is 0.847. The average Bonchev–Trinajstić information content (AvgIpc) is 2.50. The summed E-state index contributed by atoms with van der Waals surface area (Å²) in [5.41, 5.74) is 1.22. The number of hydrogen-bond acceptors (Lipinski definition) is 5. The lowest BCUT2D eigenvalue weighted by molar-refractivity contribution is -0.122. The number of carbonyl (C=O) groups excluding carboxylic acids is 1. The summed E-state index contributed by atoms with van der Waals surface area (Å²) in [5.74, 6) is -0.120. The molecule has 6 heteroatoms. The van der Waals surface area contributed by atoms with Gasteiger partial charge in [-0.2, -0.15) is 5.26 Å². The molecule has 21 heavy (non-hydrogen) atoms. The summed E-state index contributed by atoms with van der Waals surface area (Å²) in [5, 5.41) is 20.7. The number of carbonyl (C=O) groups is 1. The van der Waals surface area contributed by atoms with Crippen LogP contribution in [0.4, 0.5) is 5.69 Å². The summed E-state index contributed by atoms with van der Waals surface area (Å²) >= 11 is 0. The van der Waals surface area contributed by atoms with Crippen LogP contribution in [-0.4, -0.2) is 54.4 Å². The molecule has 0 radical (unpaired) electrons.